The Hall–Kier alpha value is -0.0900. The maximum absolute atomic E-state index is 5.96. The van der Waals surface area contributed by atoms with Crippen molar-refractivity contribution in [1.82, 2.24) is 5.32 Å². The number of ether oxygens (including phenoxy) is 1. The highest BCUT2D eigenvalue weighted by molar-refractivity contribution is 7.16. The molecule has 0 aliphatic heterocycles. The molecule has 0 bridgehead atoms. The van der Waals surface area contributed by atoms with Crippen LogP contribution in [0.4, 0.5) is 0 Å². The molecule has 2 nitrogen and oxygen atoms in total. The lowest BCUT2D eigenvalue weighted by molar-refractivity contribution is 0.136. The average Bonchev–Trinajstić information content (AvgIpc) is 2.70. The van der Waals surface area contributed by atoms with Crippen LogP contribution < -0.4 is 5.32 Å². The van der Waals surface area contributed by atoms with Crippen molar-refractivity contribution < 1.29 is 4.74 Å². The third kappa shape index (κ3) is 4.83. The van der Waals surface area contributed by atoms with Crippen LogP contribution in [0.1, 0.15) is 37.6 Å². The van der Waals surface area contributed by atoms with Gasteiger partial charge in [-0.15, -0.1) is 11.3 Å². The number of rotatable bonds is 8. The topological polar surface area (TPSA) is 21.3 Å². The van der Waals surface area contributed by atoms with E-state index in [-0.39, 0.29) is 0 Å². The van der Waals surface area contributed by atoms with Gasteiger partial charge in [0, 0.05) is 24.1 Å². The van der Waals surface area contributed by atoms with E-state index in [2.05, 4.69) is 18.3 Å². The first-order chi connectivity index (χ1) is 7.77. The second kappa shape index (κ2) is 8.07. The molecule has 1 aromatic heterocycles. The predicted molar refractivity (Wildman–Crippen MR) is 71.5 cm³/mol. The standard InChI is InChI=1S/C12H20ClNOS/c1-3-8-14-10(7-9-15-4-2)11-5-6-12(13)16-11/h5-6,10,14H,3-4,7-9H2,1-2H3. The molecule has 1 rings (SSSR count). The molecule has 0 radical (unpaired) electrons. The fourth-order valence-electron chi connectivity index (χ4n) is 1.52. The van der Waals surface area contributed by atoms with Gasteiger partial charge >= 0.3 is 0 Å². The van der Waals surface area contributed by atoms with Crippen molar-refractivity contribution in [3.8, 4) is 0 Å². The van der Waals surface area contributed by atoms with E-state index in [9.17, 15) is 0 Å². The van der Waals surface area contributed by atoms with E-state index in [1.807, 2.05) is 13.0 Å². The summed E-state index contributed by atoms with van der Waals surface area (Å²) in [7, 11) is 0. The van der Waals surface area contributed by atoms with Crippen molar-refractivity contribution in [1.29, 1.82) is 0 Å². The van der Waals surface area contributed by atoms with Gasteiger partial charge in [0.2, 0.25) is 0 Å². The first kappa shape index (κ1) is 14.0. The first-order valence-electron chi connectivity index (χ1n) is 5.84. The molecular formula is C12H20ClNOS. The molecule has 0 aliphatic carbocycles. The van der Waals surface area contributed by atoms with Crippen LogP contribution in [0, 0.1) is 0 Å². The number of hydrogen-bond acceptors (Lipinski definition) is 3. The molecule has 0 saturated heterocycles. The molecular weight excluding hydrogens is 242 g/mol. The highest BCUT2D eigenvalue weighted by atomic mass is 35.5. The van der Waals surface area contributed by atoms with Crippen LogP contribution in [0.25, 0.3) is 0 Å². The molecule has 16 heavy (non-hydrogen) atoms. The minimum absolute atomic E-state index is 0.379. The van der Waals surface area contributed by atoms with Gasteiger partial charge in [0.1, 0.15) is 0 Å². The number of hydrogen-bond donors (Lipinski definition) is 1. The van der Waals surface area contributed by atoms with E-state index in [4.69, 9.17) is 16.3 Å². The van der Waals surface area contributed by atoms with Crippen LogP contribution in [0.2, 0.25) is 4.34 Å². The summed E-state index contributed by atoms with van der Waals surface area (Å²) in [5.74, 6) is 0. The lowest BCUT2D eigenvalue weighted by Gasteiger charge is -2.16. The summed E-state index contributed by atoms with van der Waals surface area (Å²) < 4.78 is 6.26. The van der Waals surface area contributed by atoms with Gasteiger partial charge in [0.25, 0.3) is 0 Å². The molecule has 0 aliphatic rings. The second-order valence-corrected chi connectivity index (χ2v) is 5.38. The van der Waals surface area contributed by atoms with Crippen LogP contribution in [-0.4, -0.2) is 19.8 Å². The zero-order valence-electron chi connectivity index (χ0n) is 9.96. The van der Waals surface area contributed by atoms with Crippen LogP contribution in [-0.2, 0) is 4.74 Å². The van der Waals surface area contributed by atoms with Gasteiger partial charge in [0.15, 0.2) is 0 Å². The van der Waals surface area contributed by atoms with E-state index in [0.717, 1.165) is 36.9 Å². The largest absolute Gasteiger partial charge is 0.382 e. The third-order valence-electron chi connectivity index (χ3n) is 2.33. The summed E-state index contributed by atoms with van der Waals surface area (Å²) in [5.41, 5.74) is 0. The quantitative estimate of drug-likeness (QED) is 0.718. The summed E-state index contributed by atoms with van der Waals surface area (Å²) in [4.78, 5) is 1.30. The number of halogens is 1. The van der Waals surface area contributed by atoms with Crippen molar-refractivity contribution in [3.63, 3.8) is 0 Å². The Morgan fingerprint density at radius 2 is 2.25 bits per heavy atom. The Balaban J connectivity index is 2.49. The fourth-order valence-corrected chi connectivity index (χ4v) is 2.70. The smallest absolute Gasteiger partial charge is 0.0931 e. The first-order valence-corrected chi connectivity index (χ1v) is 7.03. The molecule has 1 unspecified atom stereocenters. The maximum Gasteiger partial charge on any atom is 0.0931 e. The van der Waals surface area contributed by atoms with Gasteiger partial charge in [-0.25, -0.2) is 0 Å². The molecule has 0 aromatic carbocycles. The Morgan fingerprint density at radius 3 is 2.81 bits per heavy atom. The molecule has 1 atom stereocenters. The fraction of sp³-hybridized carbons (Fsp3) is 0.667. The molecule has 1 aromatic rings. The highest BCUT2D eigenvalue weighted by Crippen LogP contribution is 2.28. The summed E-state index contributed by atoms with van der Waals surface area (Å²) in [5, 5.41) is 3.53. The Morgan fingerprint density at radius 1 is 1.44 bits per heavy atom. The monoisotopic (exact) mass is 261 g/mol. The Kier molecular flexibility index (Phi) is 7.05. The van der Waals surface area contributed by atoms with Crippen molar-refractivity contribution in [2.45, 2.75) is 32.7 Å². The van der Waals surface area contributed by atoms with Gasteiger partial charge in [-0.3, -0.25) is 0 Å². The molecule has 4 heteroatoms. The maximum atomic E-state index is 5.96. The molecule has 0 amide bonds. The normalized spacial score (nSPS) is 12.9. The molecule has 0 spiro atoms. The summed E-state index contributed by atoms with van der Waals surface area (Å²) in [6, 6.07) is 4.44. The SMILES string of the molecule is CCCNC(CCOCC)c1ccc(Cl)s1. The summed E-state index contributed by atoms with van der Waals surface area (Å²) in [6.07, 6.45) is 2.15. The Bertz CT molecular complexity index is 290. The van der Waals surface area contributed by atoms with E-state index in [0.29, 0.717) is 6.04 Å². The lowest BCUT2D eigenvalue weighted by atomic mass is 10.2. The summed E-state index contributed by atoms with van der Waals surface area (Å²) in [6.45, 7) is 6.82. The minimum Gasteiger partial charge on any atom is -0.382 e. The average molecular weight is 262 g/mol. The van der Waals surface area contributed by atoms with Gasteiger partial charge in [-0.2, -0.15) is 0 Å². The van der Waals surface area contributed by atoms with Crippen molar-refractivity contribution in [2.75, 3.05) is 19.8 Å². The third-order valence-corrected chi connectivity index (χ3v) is 3.68. The number of thiophene rings is 1. The molecule has 0 fully saturated rings. The van der Waals surface area contributed by atoms with Gasteiger partial charge < -0.3 is 10.1 Å². The predicted octanol–water partition coefficient (Wildman–Crippen LogP) is 3.87. The molecule has 1 N–H and O–H groups in total. The van der Waals surface area contributed by atoms with E-state index in [1.54, 1.807) is 11.3 Å². The Labute approximate surface area is 107 Å². The van der Waals surface area contributed by atoms with Gasteiger partial charge in [-0.05, 0) is 38.4 Å². The zero-order chi connectivity index (χ0) is 11.8. The lowest BCUT2D eigenvalue weighted by Crippen LogP contribution is -2.22. The van der Waals surface area contributed by atoms with Crippen molar-refractivity contribution in [2.24, 2.45) is 0 Å². The highest BCUT2D eigenvalue weighted by Gasteiger charge is 2.12. The van der Waals surface area contributed by atoms with Crippen LogP contribution in [0.3, 0.4) is 0 Å². The van der Waals surface area contributed by atoms with Crippen molar-refractivity contribution in [3.05, 3.63) is 21.3 Å². The number of nitrogens with one attached hydrogen (secondary N) is 1. The van der Waals surface area contributed by atoms with Crippen molar-refractivity contribution >= 4 is 22.9 Å². The van der Waals surface area contributed by atoms with Gasteiger partial charge in [0.05, 0.1) is 4.34 Å². The second-order valence-electron chi connectivity index (χ2n) is 3.63. The van der Waals surface area contributed by atoms with E-state index in [1.165, 1.54) is 4.88 Å². The van der Waals surface area contributed by atoms with E-state index >= 15 is 0 Å². The molecule has 0 saturated carbocycles. The zero-order valence-corrected chi connectivity index (χ0v) is 11.5. The van der Waals surface area contributed by atoms with Crippen LogP contribution in [0.5, 0.6) is 0 Å². The molecule has 1 heterocycles. The van der Waals surface area contributed by atoms with Crippen LogP contribution >= 0.6 is 22.9 Å². The molecule has 92 valence electrons. The van der Waals surface area contributed by atoms with Crippen LogP contribution in [0.15, 0.2) is 12.1 Å². The van der Waals surface area contributed by atoms with Gasteiger partial charge in [-0.1, -0.05) is 18.5 Å². The van der Waals surface area contributed by atoms with E-state index < -0.39 is 0 Å². The summed E-state index contributed by atoms with van der Waals surface area (Å²) >= 11 is 7.61. The minimum atomic E-state index is 0.379.